The number of hydrogen-bond acceptors (Lipinski definition) is 4. The van der Waals surface area contributed by atoms with Crippen LogP contribution in [-0.4, -0.2) is 15.7 Å². The fourth-order valence-electron chi connectivity index (χ4n) is 0.810. The fraction of sp³-hybridized carbons (Fsp3) is 0.429. The number of aromatic nitrogens is 2. The highest BCUT2D eigenvalue weighted by Crippen LogP contribution is 2.30. The Balaban J connectivity index is 3.07. The van der Waals surface area contributed by atoms with E-state index in [1.165, 1.54) is 11.8 Å². The molecule has 0 amide bonds. The molecule has 1 rings (SSSR count). The maximum atomic E-state index is 12.2. The molecule has 0 aromatic carbocycles. The first-order valence-electron chi connectivity index (χ1n) is 3.78. The van der Waals surface area contributed by atoms with Crippen molar-refractivity contribution in [1.82, 2.24) is 9.97 Å². The van der Waals surface area contributed by atoms with Gasteiger partial charge in [-0.2, -0.15) is 13.2 Å². The smallest absolute Gasteiger partial charge is 0.368 e. The van der Waals surface area contributed by atoms with E-state index in [1.807, 2.05) is 6.92 Å². The van der Waals surface area contributed by atoms with Gasteiger partial charge in [-0.05, 0) is 5.75 Å². The summed E-state index contributed by atoms with van der Waals surface area (Å²) in [5, 5.41) is 0.243. The quantitative estimate of drug-likeness (QED) is 0.616. The molecule has 0 aliphatic carbocycles. The van der Waals surface area contributed by atoms with Crippen molar-refractivity contribution in [2.75, 3.05) is 11.5 Å². The molecule has 0 fully saturated rings. The van der Waals surface area contributed by atoms with Gasteiger partial charge in [0.2, 0.25) is 5.95 Å². The Bertz CT molecular complexity index is 326. The van der Waals surface area contributed by atoms with Gasteiger partial charge in [0.05, 0.1) is 0 Å². The Morgan fingerprint density at radius 3 is 2.57 bits per heavy atom. The maximum absolute atomic E-state index is 12.2. The highest BCUT2D eigenvalue weighted by molar-refractivity contribution is 7.99. The summed E-state index contributed by atoms with van der Waals surface area (Å²) in [5.41, 5.74) is 4.15. The van der Waals surface area contributed by atoms with Crippen LogP contribution in [0.2, 0.25) is 0 Å². The average molecular weight is 223 g/mol. The number of alkyl halides is 3. The van der Waals surface area contributed by atoms with Crippen molar-refractivity contribution >= 4 is 17.7 Å². The molecule has 1 heterocycles. The number of nitrogens with two attached hydrogens (primary N) is 1. The van der Waals surface area contributed by atoms with Crippen LogP contribution in [0.15, 0.2) is 11.1 Å². The highest BCUT2D eigenvalue weighted by Gasteiger charge is 2.33. The van der Waals surface area contributed by atoms with E-state index in [0.29, 0.717) is 5.75 Å². The molecule has 3 nitrogen and oxygen atoms in total. The van der Waals surface area contributed by atoms with Crippen molar-refractivity contribution in [3.05, 3.63) is 11.8 Å². The number of thioether (sulfide) groups is 1. The van der Waals surface area contributed by atoms with Gasteiger partial charge in [-0.25, -0.2) is 9.97 Å². The summed E-state index contributed by atoms with van der Waals surface area (Å²) < 4.78 is 36.7. The van der Waals surface area contributed by atoms with Crippen LogP contribution < -0.4 is 5.73 Å². The predicted octanol–water partition coefficient (Wildman–Crippen LogP) is 2.19. The second-order valence-electron chi connectivity index (χ2n) is 2.38. The van der Waals surface area contributed by atoms with Crippen LogP contribution in [0.4, 0.5) is 19.1 Å². The summed E-state index contributed by atoms with van der Waals surface area (Å²) in [7, 11) is 0. The molecule has 0 bridgehead atoms. The fourth-order valence-corrected chi connectivity index (χ4v) is 1.46. The normalized spacial score (nSPS) is 11.7. The third-order valence-corrected chi connectivity index (χ3v) is 2.10. The van der Waals surface area contributed by atoms with Crippen LogP contribution in [0.5, 0.6) is 0 Å². The molecule has 1 aromatic rings. The summed E-state index contributed by atoms with van der Waals surface area (Å²) in [6, 6.07) is 0.893. The van der Waals surface area contributed by atoms with Crippen molar-refractivity contribution in [3.63, 3.8) is 0 Å². The number of halogens is 3. The van der Waals surface area contributed by atoms with Gasteiger partial charge < -0.3 is 5.73 Å². The molecule has 7 heteroatoms. The topological polar surface area (TPSA) is 51.8 Å². The molecule has 0 aliphatic heterocycles. The van der Waals surface area contributed by atoms with Crippen LogP contribution in [0.1, 0.15) is 12.6 Å². The molecule has 0 aliphatic rings. The molecule has 1 aromatic heterocycles. The lowest BCUT2D eigenvalue weighted by Crippen LogP contribution is -2.11. The first-order chi connectivity index (χ1) is 6.43. The van der Waals surface area contributed by atoms with E-state index in [9.17, 15) is 13.2 Å². The maximum Gasteiger partial charge on any atom is 0.433 e. The monoisotopic (exact) mass is 223 g/mol. The molecule has 14 heavy (non-hydrogen) atoms. The van der Waals surface area contributed by atoms with E-state index >= 15 is 0 Å². The average Bonchev–Trinajstić information content (AvgIpc) is 2.02. The minimum Gasteiger partial charge on any atom is -0.368 e. The summed E-state index contributed by atoms with van der Waals surface area (Å²) in [6.45, 7) is 1.82. The predicted molar refractivity (Wildman–Crippen MR) is 47.8 cm³/mol. The molecule has 0 saturated heterocycles. The molecule has 2 N–H and O–H groups in total. The largest absolute Gasteiger partial charge is 0.433 e. The Morgan fingerprint density at radius 2 is 2.07 bits per heavy atom. The molecule has 0 atom stereocenters. The van der Waals surface area contributed by atoms with Crippen molar-refractivity contribution in [3.8, 4) is 0 Å². The highest BCUT2D eigenvalue weighted by atomic mass is 32.2. The number of anilines is 1. The van der Waals surface area contributed by atoms with Gasteiger partial charge >= 0.3 is 6.18 Å². The molecule has 0 spiro atoms. The summed E-state index contributed by atoms with van der Waals surface area (Å²) in [6.07, 6.45) is -4.47. The number of rotatable bonds is 2. The Kier molecular flexibility index (Phi) is 3.20. The Hall–Kier alpha value is -0.980. The van der Waals surface area contributed by atoms with Crippen LogP contribution in [0.3, 0.4) is 0 Å². The van der Waals surface area contributed by atoms with E-state index < -0.39 is 11.9 Å². The molecular weight excluding hydrogens is 215 g/mol. The molecule has 0 saturated carbocycles. The summed E-state index contributed by atoms with van der Waals surface area (Å²) in [4.78, 5) is 6.78. The third-order valence-electron chi connectivity index (χ3n) is 1.30. The van der Waals surface area contributed by atoms with Crippen molar-refractivity contribution in [2.24, 2.45) is 0 Å². The first kappa shape index (κ1) is 11.1. The molecule has 0 radical (unpaired) electrons. The minimum absolute atomic E-state index is 0.243. The van der Waals surface area contributed by atoms with Gasteiger partial charge in [0.15, 0.2) is 5.69 Å². The van der Waals surface area contributed by atoms with Gasteiger partial charge in [0.25, 0.3) is 0 Å². The van der Waals surface area contributed by atoms with Gasteiger partial charge in [-0.1, -0.05) is 6.92 Å². The summed E-state index contributed by atoms with van der Waals surface area (Å²) in [5.74, 6) is 0.282. The zero-order valence-electron chi connectivity index (χ0n) is 7.30. The summed E-state index contributed by atoms with van der Waals surface area (Å²) >= 11 is 1.19. The van der Waals surface area contributed by atoms with Crippen molar-refractivity contribution in [2.45, 2.75) is 18.1 Å². The van der Waals surface area contributed by atoms with Crippen LogP contribution in [-0.2, 0) is 6.18 Å². The molecular formula is C7H8F3N3S. The van der Waals surface area contributed by atoms with Gasteiger partial charge in [0, 0.05) is 6.07 Å². The standard InChI is InChI=1S/C7H8F3N3S/c1-2-14-5-3-4(7(8,9)10)12-6(11)13-5/h3H,2H2,1H3,(H2,11,12,13). The Morgan fingerprint density at radius 1 is 1.43 bits per heavy atom. The lowest BCUT2D eigenvalue weighted by atomic mass is 10.4. The van der Waals surface area contributed by atoms with E-state index in [-0.39, 0.29) is 11.0 Å². The van der Waals surface area contributed by atoms with Gasteiger partial charge in [-0.3, -0.25) is 0 Å². The van der Waals surface area contributed by atoms with E-state index in [4.69, 9.17) is 5.73 Å². The zero-order valence-corrected chi connectivity index (χ0v) is 8.11. The number of nitrogens with zero attached hydrogens (tertiary/aromatic N) is 2. The Labute approximate surface area is 82.9 Å². The second kappa shape index (κ2) is 4.04. The van der Waals surface area contributed by atoms with Gasteiger partial charge in [0.1, 0.15) is 5.03 Å². The van der Waals surface area contributed by atoms with E-state index in [0.717, 1.165) is 6.07 Å². The lowest BCUT2D eigenvalue weighted by Gasteiger charge is -2.07. The van der Waals surface area contributed by atoms with Crippen molar-refractivity contribution < 1.29 is 13.2 Å². The molecule has 0 unspecified atom stereocenters. The van der Waals surface area contributed by atoms with Crippen LogP contribution >= 0.6 is 11.8 Å². The number of nitrogen functional groups attached to an aromatic ring is 1. The third kappa shape index (κ3) is 2.76. The van der Waals surface area contributed by atoms with Crippen LogP contribution in [0.25, 0.3) is 0 Å². The SMILES string of the molecule is CCSc1cc(C(F)(F)F)nc(N)n1. The molecule has 78 valence electrons. The lowest BCUT2D eigenvalue weighted by molar-refractivity contribution is -0.141. The van der Waals surface area contributed by atoms with Crippen LogP contribution in [0, 0.1) is 0 Å². The van der Waals surface area contributed by atoms with Crippen molar-refractivity contribution in [1.29, 1.82) is 0 Å². The van der Waals surface area contributed by atoms with Gasteiger partial charge in [-0.15, -0.1) is 11.8 Å². The minimum atomic E-state index is -4.47. The van der Waals surface area contributed by atoms with E-state index in [2.05, 4.69) is 9.97 Å². The number of hydrogen-bond donors (Lipinski definition) is 1. The zero-order chi connectivity index (χ0) is 10.8. The first-order valence-corrected chi connectivity index (χ1v) is 4.76. The van der Waals surface area contributed by atoms with E-state index in [1.54, 1.807) is 0 Å². The second-order valence-corrected chi connectivity index (χ2v) is 3.66.